The SMILES string of the molecule is O=C(O)C(=O)CCc1cccc(Oc2ccccc2)c1. The van der Waals surface area contributed by atoms with Gasteiger partial charge in [0.15, 0.2) is 0 Å². The van der Waals surface area contributed by atoms with Crippen LogP contribution in [0.1, 0.15) is 12.0 Å². The van der Waals surface area contributed by atoms with Gasteiger partial charge in [-0.25, -0.2) is 4.79 Å². The Hall–Kier alpha value is -2.62. The molecule has 0 radical (unpaired) electrons. The number of ketones is 1. The monoisotopic (exact) mass is 270 g/mol. The van der Waals surface area contributed by atoms with Crippen LogP contribution in [-0.4, -0.2) is 16.9 Å². The number of hydrogen-bond donors (Lipinski definition) is 1. The van der Waals surface area contributed by atoms with E-state index in [1.54, 1.807) is 0 Å². The number of carbonyl (C=O) groups excluding carboxylic acids is 1. The summed E-state index contributed by atoms with van der Waals surface area (Å²) in [4.78, 5) is 21.5. The van der Waals surface area contributed by atoms with Crippen molar-refractivity contribution in [2.24, 2.45) is 0 Å². The Bertz CT molecular complexity index is 605. The molecule has 102 valence electrons. The first-order valence-corrected chi connectivity index (χ1v) is 6.23. The molecule has 0 aliphatic carbocycles. The standard InChI is InChI=1S/C16H14O4/c17-15(16(18)19)10-9-12-5-4-8-14(11-12)20-13-6-2-1-3-7-13/h1-8,11H,9-10H2,(H,18,19). The van der Waals surface area contributed by atoms with Crippen LogP contribution in [0.3, 0.4) is 0 Å². The van der Waals surface area contributed by atoms with Gasteiger partial charge in [0, 0.05) is 6.42 Å². The van der Waals surface area contributed by atoms with Crippen molar-refractivity contribution in [2.75, 3.05) is 0 Å². The van der Waals surface area contributed by atoms with Crippen molar-refractivity contribution in [1.82, 2.24) is 0 Å². The molecule has 1 N–H and O–H groups in total. The Morgan fingerprint density at radius 2 is 1.65 bits per heavy atom. The zero-order valence-corrected chi connectivity index (χ0v) is 10.8. The molecule has 4 heteroatoms. The number of rotatable bonds is 6. The van der Waals surface area contributed by atoms with Gasteiger partial charge < -0.3 is 9.84 Å². The smallest absolute Gasteiger partial charge is 0.372 e. The van der Waals surface area contributed by atoms with Gasteiger partial charge in [-0.15, -0.1) is 0 Å². The minimum Gasteiger partial charge on any atom is -0.476 e. The van der Waals surface area contributed by atoms with Crippen molar-refractivity contribution in [3.05, 3.63) is 60.2 Å². The van der Waals surface area contributed by atoms with E-state index < -0.39 is 11.8 Å². The van der Waals surface area contributed by atoms with E-state index in [9.17, 15) is 9.59 Å². The molecule has 0 aromatic heterocycles. The van der Waals surface area contributed by atoms with Gasteiger partial charge in [-0.1, -0.05) is 30.3 Å². The first kappa shape index (κ1) is 13.8. The van der Waals surface area contributed by atoms with E-state index in [0.717, 1.165) is 11.3 Å². The van der Waals surface area contributed by atoms with Crippen molar-refractivity contribution < 1.29 is 19.4 Å². The zero-order valence-electron chi connectivity index (χ0n) is 10.8. The van der Waals surface area contributed by atoms with Gasteiger partial charge in [-0.2, -0.15) is 0 Å². The molecule has 0 saturated carbocycles. The summed E-state index contributed by atoms with van der Waals surface area (Å²) in [5.74, 6) is -0.774. The van der Waals surface area contributed by atoms with Crippen molar-refractivity contribution >= 4 is 11.8 Å². The van der Waals surface area contributed by atoms with Crippen LogP contribution in [0.4, 0.5) is 0 Å². The predicted molar refractivity (Wildman–Crippen MR) is 73.9 cm³/mol. The molecule has 0 heterocycles. The average molecular weight is 270 g/mol. The maximum Gasteiger partial charge on any atom is 0.372 e. The first-order chi connectivity index (χ1) is 9.65. The molecular weight excluding hydrogens is 256 g/mol. The molecule has 0 bridgehead atoms. The lowest BCUT2D eigenvalue weighted by atomic mass is 10.1. The Kier molecular flexibility index (Phi) is 4.50. The topological polar surface area (TPSA) is 63.6 Å². The number of benzene rings is 2. The van der Waals surface area contributed by atoms with Gasteiger partial charge in [0.1, 0.15) is 11.5 Å². The van der Waals surface area contributed by atoms with Gasteiger partial charge >= 0.3 is 5.97 Å². The number of Topliss-reactive ketones (excluding diaryl/α,β-unsaturated/α-hetero) is 1. The van der Waals surface area contributed by atoms with E-state index in [1.807, 2.05) is 54.6 Å². The lowest BCUT2D eigenvalue weighted by Gasteiger charge is -2.07. The van der Waals surface area contributed by atoms with E-state index >= 15 is 0 Å². The summed E-state index contributed by atoms with van der Waals surface area (Å²) >= 11 is 0. The molecule has 2 rings (SSSR count). The minimum absolute atomic E-state index is 0.00980. The van der Waals surface area contributed by atoms with Crippen molar-refractivity contribution in [1.29, 1.82) is 0 Å². The summed E-state index contributed by atoms with van der Waals surface area (Å²) in [6.07, 6.45) is 0.376. The molecule has 0 atom stereocenters. The van der Waals surface area contributed by atoms with Crippen LogP contribution in [-0.2, 0) is 16.0 Å². The number of carboxylic acid groups (broad SMARTS) is 1. The molecule has 2 aromatic carbocycles. The Morgan fingerprint density at radius 3 is 2.35 bits per heavy atom. The Morgan fingerprint density at radius 1 is 0.950 bits per heavy atom. The number of para-hydroxylation sites is 1. The highest BCUT2D eigenvalue weighted by Crippen LogP contribution is 2.22. The largest absolute Gasteiger partial charge is 0.476 e. The second-order valence-corrected chi connectivity index (χ2v) is 4.29. The third-order valence-electron chi connectivity index (χ3n) is 2.76. The normalized spacial score (nSPS) is 10.0. The molecular formula is C16H14O4. The quantitative estimate of drug-likeness (QED) is 0.819. The fourth-order valence-corrected chi connectivity index (χ4v) is 1.75. The fourth-order valence-electron chi connectivity index (χ4n) is 1.75. The maximum absolute atomic E-state index is 11.1. The Labute approximate surface area is 116 Å². The molecule has 0 amide bonds. The van der Waals surface area contributed by atoms with Crippen molar-refractivity contribution in [3.63, 3.8) is 0 Å². The minimum atomic E-state index is -1.39. The highest BCUT2D eigenvalue weighted by molar-refractivity contribution is 6.32. The molecule has 0 aliphatic rings. The van der Waals surface area contributed by atoms with Crippen LogP contribution in [0, 0.1) is 0 Å². The summed E-state index contributed by atoms with van der Waals surface area (Å²) in [6.45, 7) is 0. The number of aryl methyl sites for hydroxylation is 1. The molecule has 0 saturated heterocycles. The van der Waals surface area contributed by atoms with E-state index in [1.165, 1.54) is 0 Å². The molecule has 2 aromatic rings. The lowest BCUT2D eigenvalue weighted by molar-refractivity contribution is -0.149. The van der Waals surface area contributed by atoms with E-state index in [0.29, 0.717) is 12.2 Å². The average Bonchev–Trinajstić information content (AvgIpc) is 2.46. The van der Waals surface area contributed by atoms with E-state index in [-0.39, 0.29) is 6.42 Å². The predicted octanol–water partition coefficient (Wildman–Crippen LogP) is 3.07. The second kappa shape index (κ2) is 6.52. The summed E-state index contributed by atoms with van der Waals surface area (Å²) in [6, 6.07) is 16.6. The number of aliphatic carboxylic acids is 1. The lowest BCUT2D eigenvalue weighted by Crippen LogP contribution is -2.12. The van der Waals surface area contributed by atoms with Crippen LogP contribution < -0.4 is 4.74 Å². The van der Waals surface area contributed by atoms with Crippen LogP contribution in [0.5, 0.6) is 11.5 Å². The summed E-state index contributed by atoms with van der Waals surface area (Å²) < 4.78 is 5.67. The molecule has 20 heavy (non-hydrogen) atoms. The number of carbonyl (C=O) groups is 2. The van der Waals surface area contributed by atoms with Crippen LogP contribution in [0.2, 0.25) is 0 Å². The molecule has 0 unspecified atom stereocenters. The zero-order chi connectivity index (χ0) is 14.4. The summed E-state index contributed by atoms with van der Waals surface area (Å²) in [5, 5.41) is 8.54. The maximum atomic E-state index is 11.1. The molecule has 4 nitrogen and oxygen atoms in total. The highest BCUT2D eigenvalue weighted by atomic mass is 16.5. The van der Waals surface area contributed by atoms with Crippen LogP contribution in [0.25, 0.3) is 0 Å². The third kappa shape index (κ3) is 3.95. The van der Waals surface area contributed by atoms with E-state index in [2.05, 4.69) is 0 Å². The van der Waals surface area contributed by atoms with Crippen molar-refractivity contribution in [2.45, 2.75) is 12.8 Å². The third-order valence-corrected chi connectivity index (χ3v) is 2.76. The molecule has 0 spiro atoms. The number of carboxylic acids is 1. The van der Waals surface area contributed by atoms with Gasteiger partial charge in [-0.3, -0.25) is 4.79 Å². The van der Waals surface area contributed by atoms with Gasteiger partial charge in [0.25, 0.3) is 0 Å². The van der Waals surface area contributed by atoms with Crippen LogP contribution in [0.15, 0.2) is 54.6 Å². The second-order valence-electron chi connectivity index (χ2n) is 4.29. The molecule has 0 fully saturated rings. The molecule has 0 aliphatic heterocycles. The fraction of sp³-hybridized carbons (Fsp3) is 0.125. The van der Waals surface area contributed by atoms with Crippen LogP contribution >= 0.6 is 0 Å². The highest BCUT2D eigenvalue weighted by Gasteiger charge is 2.11. The van der Waals surface area contributed by atoms with E-state index in [4.69, 9.17) is 9.84 Å². The first-order valence-electron chi connectivity index (χ1n) is 6.23. The van der Waals surface area contributed by atoms with Gasteiger partial charge in [0.05, 0.1) is 0 Å². The van der Waals surface area contributed by atoms with Gasteiger partial charge in [-0.05, 0) is 36.2 Å². The number of hydrogen-bond acceptors (Lipinski definition) is 3. The summed E-state index contributed by atoms with van der Waals surface area (Å²) in [5.41, 5.74) is 0.869. The van der Waals surface area contributed by atoms with Crippen molar-refractivity contribution in [3.8, 4) is 11.5 Å². The number of ether oxygens (including phenoxy) is 1. The Balaban J connectivity index is 2.01. The summed E-state index contributed by atoms with van der Waals surface area (Å²) in [7, 11) is 0. The van der Waals surface area contributed by atoms with Gasteiger partial charge in [0.2, 0.25) is 5.78 Å².